The average molecular weight is 310 g/mol. The van der Waals surface area contributed by atoms with E-state index in [0.29, 0.717) is 19.4 Å². The lowest BCUT2D eigenvalue weighted by molar-refractivity contribution is -0.140. The predicted octanol–water partition coefficient (Wildman–Crippen LogP) is 1.09. The van der Waals surface area contributed by atoms with Gasteiger partial charge in [-0.1, -0.05) is 0 Å². The molecule has 1 heterocycles. The number of primary sulfonamides is 1. The highest BCUT2D eigenvalue weighted by Gasteiger charge is 2.40. The summed E-state index contributed by atoms with van der Waals surface area (Å²) in [6.45, 7) is 0.572. The number of rotatable bonds is 2. The van der Waals surface area contributed by atoms with Gasteiger partial charge in [-0.25, -0.2) is 22.3 Å². The summed E-state index contributed by atoms with van der Waals surface area (Å²) in [5.74, 6) is -3.27. The maximum absolute atomic E-state index is 13.1. The largest absolute Gasteiger partial charge is 0.341 e. The summed E-state index contributed by atoms with van der Waals surface area (Å²) in [4.78, 5) is 13.8. The number of halogens is 2. The van der Waals surface area contributed by atoms with Gasteiger partial charge in [0.1, 0.15) is 0 Å². The van der Waals surface area contributed by atoms with Gasteiger partial charge in [-0.2, -0.15) is 0 Å². The van der Waals surface area contributed by atoms with Crippen molar-refractivity contribution in [2.75, 3.05) is 13.1 Å². The SMILES string of the molecule is NS(=O)(=O)C1CCCN(C(=O)C2CCC(F)(F)CC2)C1. The van der Waals surface area contributed by atoms with E-state index < -0.39 is 27.1 Å². The average Bonchev–Trinajstić information content (AvgIpc) is 2.37. The van der Waals surface area contributed by atoms with Crippen molar-refractivity contribution in [2.45, 2.75) is 49.7 Å². The molecule has 0 aromatic heterocycles. The predicted molar refractivity (Wildman–Crippen MR) is 69.6 cm³/mol. The summed E-state index contributed by atoms with van der Waals surface area (Å²) in [7, 11) is -3.66. The Bertz CT molecular complexity index is 471. The van der Waals surface area contributed by atoms with Crippen molar-refractivity contribution >= 4 is 15.9 Å². The molecule has 0 spiro atoms. The van der Waals surface area contributed by atoms with Crippen LogP contribution in [0.15, 0.2) is 0 Å². The number of piperidine rings is 1. The number of hydrogen-bond acceptors (Lipinski definition) is 3. The first-order chi connectivity index (χ1) is 9.19. The summed E-state index contributed by atoms with van der Waals surface area (Å²) in [6.07, 6.45) is 0.831. The Balaban J connectivity index is 1.96. The van der Waals surface area contributed by atoms with E-state index in [0.717, 1.165) is 0 Å². The van der Waals surface area contributed by atoms with Crippen molar-refractivity contribution in [3.8, 4) is 0 Å². The summed E-state index contributed by atoms with van der Waals surface area (Å²) < 4.78 is 48.9. The number of nitrogens with two attached hydrogens (primary N) is 1. The van der Waals surface area contributed by atoms with Crippen molar-refractivity contribution in [3.05, 3.63) is 0 Å². The Hall–Kier alpha value is -0.760. The first-order valence-electron chi connectivity index (χ1n) is 6.87. The molecule has 2 fully saturated rings. The Morgan fingerprint density at radius 2 is 1.80 bits per heavy atom. The van der Waals surface area contributed by atoms with Gasteiger partial charge in [0.15, 0.2) is 0 Å². The minimum atomic E-state index is -3.66. The molecule has 0 radical (unpaired) electrons. The van der Waals surface area contributed by atoms with Crippen molar-refractivity contribution in [3.63, 3.8) is 0 Å². The number of sulfonamides is 1. The minimum absolute atomic E-state index is 0.0879. The fraction of sp³-hybridized carbons (Fsp3) is 0.917. The van der Waals surface area contributed by atoms with Crippen molar-refractivity contribution in [1.82, 2.24) is 4.90 Å². The molecule has 8 heteroatoms. The highest BCUT2D eigenvalue weighted by Crippen LogP contribution is 2.37. The number of alkyl halides is 2. The van der Waals surface area contributed by atoms with Crippen LogP contribution in [0.1, 0.15) is 38.5 Å². The zero-order chi connectivity index (χ0) is 15.0. The third-order valence-electron chi connectivity index (χ3n) is 4.22. The lowest BCUT2D eigenvalue weighted by atomic mass is 9.85. The smallest absolute Gasteiger partial charge is 0.248 e. The van der Waals surface area contributed by atoms with Gasteiger partial charge in [0.2, 0.25) is 21.9 Å². The maximum Gasteiger partial charge on any atom is 0.248 e. The Morgan fingerprint density at radius 3 is 2.35 bits per heavy atom. The van der Waals surface area contributed by atoms with E-state index in [2.05, 4.69) is 0 Å². The van der Waals surface area contributed by atoms with Crippen LogP contribution in [0.2, 0.25) is 0 Å². The van der Waals surface area contributed by atoms with Crippen molar-refractivity contribution < 1.29 is 22.0 Å². The molecule has 1 unspecified atom stereocenters. The lowest BCUT2D eigenvalue weighted by Crippen LogP contribution is -2.49. The Kier molecular flexibility index (Phi) is 4.34. The molecule has 0 bridgehead atoms. The summed E-state index contributed by atoms with van der Waals surface area (Å²) in [5.41, 5.74) is 0. The number of amides is 1. The molecule has 0 aromatic rings. The molecule has 5 nitrogen and oxygen atoms in total. The highest BCUT2D eigenvalue weighted by atomic mass is 32.2. The van der Waals surface area contributed by atoms with Crippen LogP contribution >= 0.6 is 0 Å². The van der Waals surface area contributed by atoms with Crippen molar-refractivity contribution in [2.24, 2.45) is 11.1 Å². The number of likely N-dealkylation sites (tertiary alicyclic amines) is 1. The van der Waals surface area contributed by atoms with E-state index in [1.54, 1.807) is 0 Å². The molecule has 1 amide bonds. The molecular formula is C12H20F2N2O3S. The molecule has 1 saturated heterocycles. The van der Waals surface area contributed by atoms with Crippen LogP contribution < -0.4 is 5.14 Å². The fourth-order valence-corrected chi connectivity index (χ4v) is 3.83. The molecule has 20 heavy (non-hydrogen) atoms. The van der Waals surface area contributed by atoms with E-state index >= 15 is 0 Å². The molecule has 1 saturated carbocycles. The first-order valence-corrected chi connectivity index (χ1v) is 8.48. The van der Waals surface area contributed by atoms with Crippen LogP contribution in [-0.2, 0) is 14.8 Å². The van der Waals surface area contributed by atoms with Gasteiger partial charge in [0.05, 0.1) is 5.25 Å². The van der Waals surface area contributed by atoms with Crippen LogP contribution in [0.5, 0.6) is 0 Å². The van der Waals surface area contributed by atoms with Crippen molar-refractivity contribution in [1.29, 1.82) is 0 Å². The van der Waals surface area contributed by atoms with Crippen LogP contribution in [0.25, 0.3) is 0 Å². The topological polar surface area (TPSA) is 80.5 Å². The molecule has 1 aliphatic heterocycles. The molecule has 2 aliphatic rings. The minimum Gasteiger partial charge on any atom is -0.341 e. The second kappa shape index (κ2) is 5.55. The zero-order valence-electron chi connectivity index (χ0n) is 11.2. The van der Waals surface area contributed by atoms with Crippen LogP contribution in [-0.4, -0.2) is 43.5 Å². The number of carbonyl (C=O) groups excluding carboxylic acids is 1. The summed E-state index contributed by atoms with van der Waals surface area (Å²) in [6, 6.07) is 0. The molecular weight excluding hydrogens is 290 g/mol. The van der Waals surface area contributed by atoms with Gasteiger partial charge >= 0.3 is 0 Å². The monoisotopic (exact) mass is 310 g/mol. The van der Waals surface area contributed by atoms with Gasteiger partial charge in [-0.05, 0) is 25.7 Å². The second-order valence-corrected chi connectivity index (χ2v) is 7.61. The van der Waals surface area contributed by atoms with Gasteiger partial charge in [0.25, 0.3) is 0 Å². The number of hydrogen-bond donors (Lipinski definition) is 1. The fourth-order valence-electron chi connectivity index (χ4n) is 2.95. The van der Waals surface area contributed by atoms with Crippen LogP contribution in [0, 0.1) is 5.92 Å². The first kappa shape index (κ1) is 15.6. The molecule has 116 valence electrons. The lowest BCUT2D eigenvalue weighted by Gasteiger charge is -2.36. The van der Waals surface area contributed by atoms with Crippen LogP contribution in [0.3, 0.4) is 0 Å². The normalized spacial score (nSPS) is 28.4. The zero-order valence-corrected chi connectivity index (χ0v) is 12.0. The van der Waals surface area contributed by atoms with Gasteiger partial charge in [0, 0.05) is 31.8 Å². The number of carbonyl (C=O) groups is 1. The molecule has 1 atom stereocenters. The third kappa shape index (κ3) is 3.66. The van der Waals surface area contributed by atoms with Crippen LogP contribution in [0.4, 0.5) is 8.78 Å². The quantitative estimate of drug-likeness (QED) is 0.829. The Labute approximate surface area is 117 Å². The van der Waals surface area contributed by atoms with Gasteiger partial charge in [-0.15, -0.1) is 0 Å². The van der Waals surface area contributed by atoms with E-state index in [1.807, 2.05) is 0 Å². The molecule has 2 N–H and O–H groups in total. The van der Waals surface area contributed by atoms with E-state index in [9.17, 15) is 22.0 Å². The maximum atomic E-state index is 13.1. The second-order valence-electron chi connectivity index (χ2n) is 5.77. The molecule has 2 rings (SSSR count). The van der Waals surface area contributed by atoms with E-state index in [1.165, 1.54) is 4.90 Å². The van der Waals surface area contributed by atoms with Gasteiger partial charge in [-0.3, -0.25) is 4.79 Å². The Morgan fingerprint density at radius 1 is 1.20 bits per heavy atom. The standard InChI is InChI=1S/C12H20F2N2O3S/c13-12(14)5-3-9(4-6-12)11(17)16-7-1-2-10(8-16)20(15,18)19/h9-10H,1-8H2,(H2,15,18,19). The summed E-state index contributed by atoms with van der Waals surface area (Å²) >= 11 is 0. The summed E-state index contributed by atoms with van der Waals surface area (Å²) in [5, 5.41) is 4.39. The molecule has 1 aliphatic carbocycles. The van der Waals surface area contributed by atoms with Gasteiger partial charge < -0.3 is 4.90 Å². The number of nitrogens with zero attached hydrogens (tertiary/aromatic N) is 1. The van der Waals surface area contributed by atoms with E-state index in [4.69, 9.17) is 5.14 Å². The third-order valence-corrected chi connectivity index (χ3v) is 5.53. The van der Waals surface area contributed by atoms with E-state index in [-0.39, 0.29) is 38.1 Å². The molecule has 0 aromatic carbocycles. The highest BCUT2D eigenvalue weighted by molar-refractivity contribution is 7.89.